The number of hydrogen-bond donors (Lipinski definition) is 2. The Morgan fingerprint density at radius 1 is 0.828 bits per heavy atom. The Morgan fingerprint density at radius 3 is 2.17 bits per heavy atom. The molecule has 156 valence electrons. The number of aryl methyl sites for hydroxylation is 2. The van der Waals surface area contributed by atoms with Crippen LogP contribution in [0.2, 0.25) is 0 Å². The molecule has 0 heterocycles. The van der Waals surface area contributed by atoms with Gasteiger partial charge in [0.1, 0.15) is 11.5 Å². The van der Waals surface area contributed by atoms with Gasteiger partial charge >= 0.3 is 0 Å². The molecule has 0 bridgehead atoms. The van der Waals surface area contributed by atoms with E-state index in [1.165, 1.54) is 12.8 Å². The minimum atomic E-state index is -0.440. The Kier molecular flexibility index (Phi) is 9.02. The Bertz CT molecular complexity index is 783. The van der Waals surface area contributed by atoms with E-state index in [4.69, 9.17) is 9.47 Å². The van der Waals surface area contributed by atoms with Crippen LogP contribution < -0.4 is 20.3 Å². The molecule has 0 aliphatic heterocycles. The largest absolute Gasteiger partial charge is 0.494 e. The summed E-state index contributed by atoms with van der Waals surface area (Å²) in [5.74, 6) is 0.502. The molecule has 0 fully saturated rings. The second-order valence-corrected chi connectivity index (χ2v) is 7.05. The van der Waals surface area contributed by atoms with Crippen LogP contribution in [0.1, 0.15) is 54.1 Å². The second kappa shape index (κ2) is 11.7. The van der Waals surface area contributed by atoms with Gasteiger partial charge in [-0.2, -0.15) is 0 Å². The van der Waals surface area contributed by atoms with Crippen molar-refractivity contribution in [3.63, 3.8) is 0 Å². The maximum Gasteiger partial charge on any atom is 0.276 e. The number of carbonyl (C=O) groups excluding carboxylic acids is 2. The predicted octanol–water partition coefficient (Wildman–Crippen LogP) is 4.10. The average molecular weight is 399 g/mol. The first kappa shape index (κ1) is 22.3. The molecule has 6 nitrogen and oxygen atoms in total. The molecule has 0 radical (unpaired) electrons. The van der Waals surface area contributed by atoms with Crippen molar-refractivity contribution in [3.05, 3.63) is 59.2 Å². The summed E-state index contributed by atoms with van der Waals surface area (Å²) in [5.41, 5.74) is 7.28. The number of rotatable bonds is 10. The fraction of sp³-hybridized carbons (Fsp3) is 0.391. The third-order valence-electron chi connectivity index (χ3n) is 4.26. The quantitative estimate of drug-likeness (QED) is 0.467. The van der Waals surface area contributed by atoms with Gasteiger partial charge in [-0.25, -0.2) is 0 Å². The molecule has 2 rings (SSSR count). The van der Waals surface area contributed by atoms with Crippen molar-refractivity contribution in [1.82, 2.24) is 10.9 Å². The Balaban J connectivity index is 1.71. The summed E-state index contributed by atoms with van der Waals surface area (Å²) >= 11 is 0. The van der Waals surface area contributed by atoms with Crippen molar-refractivity contribution < 1.29 is 19.1 Å². The average Bonchev–Trinajstić information content (AvgIpc) is 2.70. The zero-order chi connectivity index (χ0) is 21.1. The van der Waals surface area contributed by atoms with Crippen molar-refractivity contribution in [2.24, 2.45) is 0 Å². The number of hydrogen-bond acceptors (Lipinski definition) is 4. The molecule has 2 N–H and O–H groups in total. The normalized spacial score (nSPS) is 10.3. The van der Waals surface area contributed by atoms with Crippen molar-refractivity contribution in [2.75, 3.05) is 13.2 Å². The summed E-state index contributed by atoms with van der Waals surface area (Å²) in [6.45, 7) is 6.58. The van der Waals surface area contributed by atoms with Crippen LogP contribution in [0.15, 0.2) is 42.5 Å². The first-order valence-corrected chi connectivity index (χ1v) is 10.0. The molecule has 0 spiro atoms. The van der Waals surface area contributed by atoms with E-state index in [0.717, 1.165) is 29.7 Å². The van der Waals surface area contributed by atoms with Crippen LogP contribution in [0.4, 0.5) is 0 Å². The molecule has 29 heavy (non-hydrogen) atoms. The minimum absolute atomic E-state index is 0.187. The van der Waals surface area contributed by atoms with E-state index in [1.54, 1.807) is 24.3 Å². The first-order valence-electron chi connectivity index (χ1n) is 10.0. The summed E-state index contributed by atoms with van der Waals surface area (Å²) in [6.07, 6.45) is 4.58. The Hall–Kier alpha value is -3.02. The van der Waals surface area contributed by atoms with Gasteiger partial charge in [-0.05, 0) is 67.8 Å². The Labute approximate surface area is 172 Å². The summed E-state index contributed by atoms with van der Waals surface area (Å²) < 4.78 is 11.1. The lowest BCUT2D eigenvalue weighted by atomic mass is 10.1. The van der Waals surface area contributed by atoms with Gasteiger partial charge in [0.15, 0.2) is 6.61 Å². The fourth-order valence-corrected chi connectivity index (χ4v) is 2.82. The van der Waals surface area contributed by atoms with Gasteiger partial charge in [-0.15, -0.1) is 0 Å². The summed E-state index contributed by atoms with van der Waals surface area (Å²) in [4.78, 5) is 24.0. The van der Waals surface area contributed by atoms with E-state index in [-0.39, 0.29) is 6.61 Å². The molecule has 2 aromatic carbocycles. The lowest BCUT2D eigenvalue weighted by Gasteiger charge is -2.10. The van der Waals surface area contributed by atoms with E-state index < -0.39 is 11.8 Å². The van der Waals surface area contributed by atoms with Gasteiger partial charge in [0.2, 0.25) is 0 Å². The van der Waals surface area contributed by atoms with Crippen LogP contribution >= 0.6 is 0 Å². The highest BCUT2D eigenvalue weighted by Crippen LogP contribution is 2.16. The molecule has 6 heteroatoms. The van der Waals surface area contributed by atoms with Crippen LogP contribution in [0, 0.1) is 13.8 Å². The third-order valence-corrected chi connectivity index (χ3v) is 4.26. The Morgan fingerprint density at radius 2 is 1.52 bits per heavy atom. The lowest BCUT2D eigenvalue weighted by molar-refractivity contribution is -0.123. The second-order valence-electron chi connectivity index (χ2n) is 7.05. The summed E-state index contributed by atoms with van der Waals surface area (Å²) in [7, 11) is 0. The number of unbranched alkanes of at least 4 members (excludes halogenated alkanes) is 3. The van der Waals surface area contributed by atoms with Crippen molar-refractivity contribution in [3.8, 4) is 11.5 Å². The molecular weight excluding hydrogens is 368 g/mol. The van der Waals surface area contributed by atoms with Gasteiger partial charge in [-0.1, -0.05) is 32.3 Å². The van der Waals surface area contributed by atoms with Crippen molar-refractivity contribution >= 4 is 11.8 Å². The first-order chi connectivity index (χ1) is 14.0. The highest BCUT2D eigenvalue weighted by Gasteiger charge is 2.08. The van der Waals surface area contributed by atoms with Crippen LogP contribution in [0.25, 0.3) is 0 Å². The van der Waals surface area contributed by atoms with Gasteiger partial charge in [-0.3, -0.25) is 20.4 Å². The van der Waals surface area contributed by atoms with Gasteiger partial charge < -0.3 is 9.47 Å². The molecule has 0 saturated heterocycles. The summed E-state index contributed by atoms with van der Waals surface area (Å²) in [6, 6.07) is 12.6. The third kappa shape index (κ3) is 8.25. The van der Waals surface area contributed by atoms with E-state index in [0.29, 0.717) is 17.9 Å². The highest BCUT2D eigenvalue weighted by atomic mass is 16.5. The van der Waals surface area contributed by atoms with Gasteiger partial charge in [0.05, 0.1) is 6.61 Å². The number of amides is 2. The number of benzene rings is 2. The molecule has 2 aromatic rings. The maximum absolute atomic E-state index is 12.1. The van der Waals surface area contributed by atoms with E-state index in [2.05, 4.69) is 17.8 Å². The number of carbonyl (C=O) groups is 2. The fourth-order valence-electron chi connectivity index (χ4n) is 2.82. The molecule has 0 saturated carbocycles. The molecule has 0 aromatic heterocycles. The number of ether oxygens (including phenoxy) is 2. The monoisotopic (exact) mass is 398 g/mol. The minimum Gasteiger partial charge on any atom is -0.494 e. The smallest absolute Gasteiger partial charge is 0.276 e. The highest BCUT2D eigenvalue weighted by molar-refractivity contribution is 5.95. The number of nitrogens with one attached hydrogen (secondary N) is 2. The number of hydrazine groups is 1. The molecule has 0 atom stereocenters. The molecule has 0 aliphatic rings. The standard InChI is InChI=1S/C23H30N2O4/c1-4-5-6-7-12-28-20-10-8-19(9-11-20)23(27)25-24-22(26)16-29-21-14-17(2)13-18(3)15-21/h8-11,13-15H,4-7,12,16H2,1-3H3,(H,24,26)(H,25,27). The van der Waals surface area contributed by atoms with E-state index in [1.807, 2.05) is 32.0 Å². The van der Waals surface area contributed by atoms with Crippen LogP contribution in [0.3, 0.4) is 0 Å². The zero-order valence-electron chi connectivity index (χ0n) is 17.4. The van der Waals surface area contributed by atoms with Crippen molar-refractivity contribution in [1.29, 1.82) is 0 Å². The van der Waals surface area contributed by atoms with Crippen molar-refractivity contribution in [2.45, 2.75) is 46.5 Å². The van der Waals surface area contributed by atoms with Gasteiger partial charge in [0.25, 0.3) is 11.8 Å². The molecule has 0 unspecified atom stereocenters. The van der Waals surface area contributed by atoms with Crippen LogP contribution in [0.5, 0.6) is 11.5 Å². The molecular formula is C23H30N2O4. The molecule has 0 aliphatic carbocycles. The molecule has 2 amide bonds. The predicted molar refractivity (Wildman–Crippen MR) is 113 cm³/mol. The maximum atomic E-state index is 12.1. The summed E-state index contributed by atoms with van der Waals surface area (Å²) in [5, 5.41) is 0. The van der Waals surface area contributed by atoms with Crippen LogP contribution in [-0.2, 0) is 4.79 Å². The van der Waals surface area contributed by atoms with Crippen LogP contribution in [-0.4, -0.2) is 25.0 Å². The zero-order valence-corrected chi connectivity index (χ0v) is 17.4. The topological polar surface area (TPSA) is 76.7 Å². The lowest BCUT2D eigenvalue weighted by Crippen LogP contribution is -2.43. The van der Waals surface area contributed by atoms with E-state index >= 15 is 0 Å². The SMILES string of the molecule is CCCCCCOc1ccc(C(=O)NNC(=O)COc2cc(C)cc(C)c2)cc1. The van der Waals surface area contributed by atoms with Gasteiger partial charge in [0, 0.05) is 5.56 Å². The van der Waals surface area contributed by atoms with E-state index in [9.17, 15) is 9.59 Å².